The van der Waals surface area contributed by atoms with Crippen molar-refractivity contribution in [3.8, 4) is 5.75 Å². The van der Waals surface area contributed by atoms with Crippen LogP contribution in [0, 0.1) is 0 Å². The van der Waals surface area contributed by atoms with Crippen LogP contribution in [0.2, 0.25) is 10.0 Å². The molecule has 2 aromatic carbocycles. The first-order valence-corrected chi connectivity index (χ1v) is 11.9. The maximum atomic E-state index is 13.1. The van der Waals surface area contributed by atoms with Crippen molar-refractivity contribution in [1.82, 2.24) is 10.2 Å². The van der Waals surface area contributed by atoms with E-state index in [2.05, 4.69) is 5.32 Å². The third kappa shape index (κ3) is 4.66. The topological polar surface area (TPSA) is 99.1 Å². The van der Waals surface area contributed by atoms with Crippen molar-refractivity contribution in [2.45, 2.75) is 44.1 Å². The third-order valence-corrected chi connectivity index (χ3v) is 6.80. The van der Waals surface area contributed by atoms with E-state index >= 15 is 0 Å². The molecule has 0 bridgehead atoms. The number of carbonyl (C=O) groups excluding carboxylic acids is 2. The molecule has 3 N–H and O–H groups in total. The number of rotatable bonds is 7. The molecule has 1 aliphatic heterocycles. The summed E-state index contributed by atoms with van der Waals surface area (Å²) in [6.07, 6.45) is -0.00582. The van der Waals surface area contributed by atoms with Gasteiger partial charge in [0, 0.05) is 40.7 Å². The summed E-state index contributed by atoms with van der Waals surface area (Å²) in [5, 5.41) is 24.2. The minimum absolute atomic E-state index is 0.0846. The smallest absolute Gasteiger partial charge is 0.247 e. The lowest BCUT2D eigenvalue weighted by Crippen LogP contribution is -2.55. The van der Waals surface area contributed by atoms with Gasteiger partial charge in [-0.25, -0.2) is 0 Å². The van der Waals surface area contributed by atoms with Crippen molar-refractivity contribution in [2.24, 2.45) is 0 Å². The van der Waals surface area contributed by atoms with E-state index in [1.165, 1.54) is 4.90 Å². The van der Waals surface area contributed by atoms with Crippen LogP contribution in [-0.4, -0.2) is 58.3 Å². The van der Waals surface area contributed by atoms with Gasteiger partial charge in [-0.1, -0.05) is 54.4 Å². The zero-order valence-electron chi connectivity index (χ0n) is 18.6. The van der Waals surface area contributed by atoms with Gasteiger partial charge in [-0.05, 0) is 29.8 Å². The Morgan fingerprint density at radius 3 is 2.65 bits per heavy atom. The minimum Gasteiger partial charge on any atom is -0.486 e. The van der Waals surface area contributed by atoms with Crippen LogP contribution in [0.25, 0.3) is 0 Å². The Kier molecular flexibility index (Phi) is 7.48. The number of ether oxygens (including phenoxy) is 1. The van der Waals surface area contributed by atoms with Crippen molar-refractivity contribution >= 4 is 35.0 Å². The average molecular weight is 505 g/mol. The SMILES string of the molecule is CCC(=O)N(Cc1ccc(Cl)cc1Cl)C1C=C(C(=O)NCCO)C2c3ccccc3OC2C1O. The molecule has 0 saturated heterocycles. The van der Waals surface area contributed by atoms with Crippen LogP contribution in [0.1, 0.15) is 30.4 Å². The standard InChI is InChI=1S/C25H26Cl2N2O5/c1-2-21(31)29(13-14-7-8-15(26)11-18(14)27)19-12-17(25(33)28-9-10-30)22-16-5-3-4-6-20(16)34-24(22)23(19)32/h3-8,11-12,19,22-24,30,32H,2,9-10,13H2,1H3,(H,28,33). The number of carbonyl (C=O) groups is 2. The maximum absolute atomic E-state index is 13.1. The van der Waals surface area contributed by atoms with Crippen LogP contribution in [0.5, 0.6) is 5.75 Å². The molecule has 0 aromatic heterocycles. The molecule has 4 unspecified atom stereocenters. The fourth-order valence-electron chi connectivity index (χ4n) is 4.59. The van der Waals surface area contributed by atoms with Gasteiger partial charge in [0.05, 0.1) is 18.6 Å². The Hall–Kier alpha value is -2.58. The van der Waals surface area contributed by atoms with Gasteiger partial charge in [-0.2, -0.15) is 0 Å². The summed E-state index contributed by atoms with van der Waals surface area (Å²) >= 11 is 12.4. The molecule has 34 heavy (non-hydrogen) atoms. The molecule has 4 rings (SSSR count). The molecule has 0 fully saturated rings. The molecule has 7 nitrogen and oxygen atoms in total. The molecule has 4 atom stereocenters. The number of benzene rings is 2. The van der Waals surface area contributed by atoms with E-state index in [1.54, 1.807) is 37.3 Å². The summed E-state index contributed by atoms with van der Waals surface area (Å²) in [5.74, 6) is -0.504. The molecule has 2 amide bonds. The summed E-state index contributed by atoms with van der Waals surface area (Å²) in [4.78, 5) is 27.7. The first kappa shape index (κ1) is 24.5. The van der Waals surface area contributed by atoms with Crippen molar-refractivity contribution in [2.75, 3.05) is 13.2 Å². The zero-order chi connectivity index (χ0) is 24.4. The maximum Gasteiger partial charge on any atom is 0.247 e. The second-order valence-corrected chi connectivity index (χ2v) is 9.14. The van der Waals surface area contributed by atoms with E-state index in [0.717, 1.165) is 5.56 Å². The van der Waals surface area contributed by atoms with Crippen LogP contribution in [-0.2, 0) is 16.1 Å². The number of hydrogen-bond donors (Lipinski definition) is 3. The highest BCUT2D eigenvalue weighted by atomic mass is 35.5. The van der Waals surface area contributed by atoms with Crippen LogP contribution in [0.4, 0.5) is 0 Å². The number of nitrogens with zero attached hydrogens (tertiary/aromatic N) is 1. The molecule has 9 heteroatoms. The van der Waals surface area contributed by atoms with E-state index in [9.17, 15) is 19.8 Å². The number of halogens is 2. The summed E-state index contributed by atoms with van der Waals surface area (Å²) in [6.45, 7) is 1.73. The predicted molar refractivity (Wildman–Crippen MR) is 129 cm³/mol. The number of hydrogen-bond acceptors (Lipinski definition) is 5. The third-order valence-electron chi connectivity index (χ3n) is 6.22. The number of para-hydroxylation sites is 1. The Morgan fingerprint density at radius 2 is 1.94 bits per heavy atom. The molecule has 0 saturated carbocycles. The molecule has 1 heterocycles. The molecular weight excluding hydrogens is 479 g/mol. The Labute approximate surface area is 207 Å². The first-order chi connectivity index (χ1) is 16.3. The van der Waals surface area contributed by atoms with E-state index in [-0.39, 0.29) is 37.9 Å². The van der Waals surface area contributed by atoms with Gasteiger partial charge >= 0.3 is 0 Å². The monoisotopic (exact) mass is 504 g/mol. The molecule has 2 aromatic rings. The highest BCUT2D eigenvalue weighted by molar-refractivity contribution is 6.35. The number of amides is 2. The van der Waals surface area contributed by atoms with E-state index in [4.69, 9.17) is 27.9 Å². The predicted octanol–water partition coefficient (Wildman–Crippen LogP) is 3.05. The highest BCUT2D eigenvalue weighted by Gasteiger charge is 2.50. The van der Waals surface area contributed by atoms with Crippen LogP contribution in [0.3, 0.4) is 0 Å². The van der Waals surface area contributed by atoms with Crippen LogP contribution < -0.4 is 10.1 Å². The fourth-order valence-corrected chi connectivity index (χ4v) is 5.06. The van der Waals surface area contributed by atoms with Crippen LogP contribution >= 0.6 is 23.2 Å². The van der Waals surface area contributed by atoms with Gasteiger partial charge in [0.2, 0.25) is 11.8 Å². The van der Waals surface area contributed by atoms with Gasteiger partial charge in [-0.15, -0.1) is 0 Å². The summed E-state index contributed by atoms with van der Waals surface area (Å²) in [7, 11) is 0. The lowest BCUT2D eigenvalue weighted by atomic mass is 9.77. The second-order valence-electron chi connectivity index (χ2n) is 8.29. The summed E-state index contributed by atoms with van der Waals surface area (Å²) < 4.78 is 6.09. The van der Waals surface area contributed by atoms with E-state index in [0.29, 0.717) is 26.9 Å². The second kappa shape index (κ2) is 10.4. The van der Waals surface area contributed by atoms with Gasteiger partial charge < -0.3 is 25.2 Å². The first-order valence-electron chi connectivity index (χ1n) is 11.1. The molecular formula is C25H26Cl2N2O5. The number of aliphatic hydroxyl groups excluding tert-OH is 2. The quantitative estimate of drug-likeness (QED) is 0.538. The van der Waals surface area contributed by atoms with E-state index < -0.39 is 24.2 Å². The minimum atomic E-state index is -1.09. The Balaban J connectivity index is 1.76. The molecule has 2 aliphatic rings. The lowest BCUT2D eigenvalue weighted by molar-refractivity contribution is -0.137. The molecule has 0 spiro atoms. The van der Waals surface area contributed by atoms with Gasteiger partial charge in [-0.3, -0.25) is 9.59 Å². The Bertz CT molecular complexity index is 1120. The van der Waals surface area contributed by atoms with Crippen molar-refractivity contribution in [3.05, 3.63) is 75.3 Å². The highest BCUT2D eigenvalue weighted by Crippen LogP contribution is 2.47. The van der Waals surface area contributed by atoms with Gasteiger partial charge in [0.1, 0.15) is 18.0 Å². The van der Waals surface area contributed by atoms with Crippen LogP contribution in [0.15, 0.2) is 54.1 Å². The Morgan fingerprint density at radius 1 is 1.18 bits per heavy atom. The number of nitrogens with one attached hydrogen (secondary N) is 1. The number of aliphatic hydroxyl groups is 2. The molecule has 0 radical (unpaired) electrons. The fraction of sp³-hybridized carbons (Fsp3) is 0.360. The molecule has 180 valence electrons. The lowest BCUT2D eigenvalue weighted by Gasteiger charge is -2.40. The van der Waals surface area contributed by atoms with Crippen molar-refractivity contribution in [3.63, 3.8) is 0 Å². The van der Waals surface area contributed by atoms with Gasteiger partial charge in [0.15, 0.2) is 0 Å². The van der Waals surface area contributed by atoms with E-state index in [1.807, 2.05) is 18.2 Å². The molecule has 1 aliphatic carbocycles. The zero-order valence-corrected chi connectivity index (χ0v) is 20.1. The average Bonchev–Trinajstić information content (AvgIpc) is 3.22. The van der Waals surface area contributed by atoms with Crippen molar-refractivity contribution in [1.29, 1.82) is 0 Å². The van der Waals surface area contributed by atoms with Crippen molar-refractivity contribution < 1.29 is 24.5 Å². The summed E-state index contributed by atoms with van der Waals surface area (Å²) in [6, 6.07) is 11.5. The van der Waals surface area contributed by atoms with Gasteiger partial charge in [0.25, 0.3) is 0 Å². The normalized spacial score (nSPS) is 22.8. The largest absolute Gasteiger partial charge is 0.486 e. The number of fused-ring (bicyclic) bond motifs is 3. The summed E-state index contributed by atoms with van der Waals surface area (Å²) in [5.41, 5.74) is 1.84.